The van der Waals surface area contributed by atoms with Crippen molar-refractivity contribution in [3.8, 4) is 11.3 Å². The molecule has 0 spiro atoms. The molecule has 3 rings (SSSR count). The van der Waals surface area contributed by atoms with Crippen LogP contribution in [0.15, 0.2) is 41.3 Å². The highest BCUT2D eigenvalue weighted by Gasteiger charge is 2.08. The Morgan fingerprint density at radius 3 is 2.65 bits per heavy atom. The van der Waals surface area contributed by atoms with Gasteiger partial charge in [-0.05, 0) is 19.1 Å². The topological polar surface area (TPSA) is 67.5 Å². The van der Waals surface area contributed by atoms with Crippen LogP contribution in [0.1, 0.15) is 6.92 Å². The van der Waals surface area contributed by atoms with Crippen LogP contribution in [0.5, 0.6) is 0 Å². The molecule has 0 aliphatic carbocycles. The number of hydrogen-bond donors (Lipinski definition) is 1. The van der Waals surface area contributed by atoms with Crippen LogP contribution in [0.4, 0.5) is 0 Å². The van der Waals surface area contributed by atoms with Crippen molar-refractivity contribution in [2.45, 2.75) is 6.92 Å². The van der Waals surface area contributed by atoms with Crippen LogP contribution >= 0.6 is 11.6 Å². The molecule has 5 nitrogen and oxygen atoms in total. The van der Waals surface area contributed by atoms with Crippen molar-refractivity contribution in [3.05, 3.63) is 57.1 Å². The molecular weight excluding hydrogens is 278 g/mol. The molecule has 2 aromatic heterocycles. The number of nitrogens with zero attached hydrogens (tertiary/aromatic N) is 3. The Morgan fingerprint density at radius 1 is 1.30 bits per heavy atom. The average molecular weight is 288 g/mol. The molecule has 2 heterocycles. The minimum atomic E-state index is -0.393. The molecule has 0 radical (unpaired) electrons. The summed E-state index contributed by atoms with van der Waals surface area (Å²) >= 11 is 5.84. The average Bonchev–Trinajstić information content (AvgIpc) is 2.84. The molecule has 20 heavy (non-hydrogen) atoms. The molecule has 100 valence electrons. The zero-order valence-electron chi connectivity index (χ0n) is 10.5. The zero-order chi connectivity index (χ0) is 14.3. The first-order chi connectivity index (χ1) is 9.56. The number of fused-ring (bicyclic) bond motifs is 1. The third-order valence-electron chi connectivity index (χ3n) is 2.97. The van der Waals surface area contributed by atoms with Gasteiger partial charge in [0.15, 0.2) is 5.65 Å². The molecule has 1 aromatic carbocycles. The summed E-state index contributed by atoms with van der Waals surface area (Å²) in [6.07, 6.45) is 1.35. The van der Waals surface area contributed by atoms with Gasteiger partial charge >= 0.3 is 0 Å². The maximum atomic E-state index is 12.1. The van der Waals surface area contributed by atoms with Crippen LogP contribution in [0.25, 0.3) is 22.7 Å². The molecule has 0 saturated heterocycles. The van der Waals surface area contributed by atoms with Gasteiger partial charge in [-0.1, -0.05) is 23.7 Å². The summed E-state index contributed by atoms with van der Waals surface area (Å²) in [4.78, 5) is 16.2. The molecule has 1 N–H and O–H groups in total. The zero-order valence-corrected chi connectivity index (χ0v) is 11.3. The summed E-state index contributed by atoms with van der Waals surface area (Å²) < 4.78 is 1.18. The lowest BCUT2D eigenvalue weighted by atomic mass is 10.2. The lowest BCUT2D eigenvalue weighted by molar-refractivity contribution is 0.497. The van der Waals surface area contributed by atoms with E-state index in [9.17, 15) is 9.90 Å². The summed E-state index contributed by atoms with van der Waals surface area (Å²) in [6.45, 7) is 1.44. The number of aliphatic hydroxyl groups excluding tert-OH is 1. The Balaban J connectivity index is 2.26. The van der Waals surface area contributed by atoms with E-state index >= 15 is 0 Å². The molecule has 0 aliphatic heterocycles. The highest BCUT2D eigenvalue weighted by molar-refractivity contribution is 6.30. The molecule has 3 aromatic rings. The maximum absolute atomic E-state index is 12.1. The Labute approximate surface area is 118 Å². The predicted molar refractivity (Wildman–Crippen MR) is 76.6 cm³/mol. The van der Waals surface area contributed by atoms with Crippen LogP contribution in [0.3, 0.4) is 0 Å². The van der Waals surface area contributed by atoms with Crippen LogP contribution in [0.2, 0.25) is 5.02 Å². The first kappa shape index (κ1) is 12.6. The van der Waals surface area contributed by atoms with Gasteiger partial charge in [0.2, 0.25) is 0 Å². The molecule has 0 fully saturated rings. The number of rotatable bonds is 1. The van der Waals surface area contributed by atoms with E-state index in [1.54, 1.807) is 18.2 Å². The Bertz CT molecular complexity index is 897. The van der Waals surface area contributed by atoms with E-state index in [0.717, 1.165) is 5.56 Å². The summed E-state index contributed by atoms with van der Waals surface area (Å²) in [5, 5.41) is 14.4. The van der Waals surface area contributed by atoms with E-state index in [4.69, 9.17) is 11.6 Å². The van der Waals surface area contributed by atoms with Crippen LogP contribution in [-0.4, -0.2) is 19.7 Å². The first-order valence-electron chi connectivity index (χ1n) is 5.91. The lowest BCUT2D eigenvalue weighted by Crippen LogP contribution is -2.33. The van der Waals surface area contributed by atoms with Crippen molar-refractivity contribution in [3.63, 3.8) is 0 Å². The molecule has 0 unspecified atom stereocenters. The summed E-state index contributed by atoms with van der Waals surface area (Å²) in [5.74, 6) is -0.0760. The van der Waals surface area contributed by atoms with Crippen molar-refractivity contribution in [2.24, 2.45) is 0 Å². The SMILES string of the molecule is CC(O)=c1cnc2cc(-c3ccc(Cl)cc3)nn2c1=O. The van der Waals surface area contributed by atoms with Gasteiger partial charge in [0.1, 0.15) is 5.76 Å². The van der Waals surface area contributed by atoms with E-state index in [-0.39, 0.29) is 11.0 Å². The highest BCUT2D eigenvalue weighted by atomic mass is 35.5. The highest BCUT2D eigenvalue weighted by Crippen LogP contribution is 2.20. The number of aliphatic hydroxyl groups is 1. The van der Waals surface area contributed by atoms with E-state index < -0.39 is 5.56 Å². The quantitative estimate of drug-likeness (QED) is 0.741. The predicted octanol–water partition coefficient (Wildman–Crippen LogP) is 1.81. The number of halogens is 1. The van der Waals surface area contributed by atoms with Crippen molar-refractivity contribution in [1.29, 1.82) is 0 Å². The second kappa shape index (κ2) is 4.61. The van der Waals surface area contributed by atoms with Crippen molar-refractivity contribution in [1.82, 2.24) is 14.6 Å². The molecule has 0 bridgehead atoms. The fourth-order valence-corrected chi connectivity index (χ4v) is 2.05. The lowest BCUT2D eigenvalue weighted by Gasteiger charge is -1.95. The van der Waals surface area contributed by atoms with Crippen LogP contribution in [-0.2, 0) is 0 Å². The summed E-state index contributed by atoms with van der Waals surface area (Å²) in [6, 6.07) is 8.85. The maximum Gasteiger partial charge on any atom is 0.285 e. The van der Waals surface area contributed by atoms with Crippen molar-refractivity contribution < 1.29 is 5.11 Å². The van der Waals surface area contributed by atoms with Gasteiger partial charge in [0.05, 0.1) is 10.9 Å². The van der Waals surface area contributed by atoms with E-state index in [0.29, 0.717) is 16.4 Å². The molecule has 0 amide bonds. The fraction of sp³-hybridized carbons (Fsp3) is 0.0714. The summed E-state index contributed by atoms with van der Waals surface area (Å²) in [5.41, 5.74) is 1.50. The largest absolute Gasteiger partial charge is 0.512 e. The normalized spacial score (nSPS) is 12.7. The smallest absolute Gasteiger partial charge is 0.285 e. The van der Waals surface area contributed by atoms with E-state index in [2.05, 4.69) is 10.1 Å². The third-order valence-corrected chi connectivity index (χ3v) is 3.22. The van der Waals surface area contributed by atoms with Crippen molar-refractivity contribution in [2.75, 3.05) is 0 Å². The van der Waals surface area contributed by atoms with E-state index in [1.807, 2.05) is 12.1 Å². The molecule has 0 aliphatic rings. The molecule has 6 heteroatoms. The van der Waals surface area contributed by atoms with Gasteiger partial charge in [-0.25, -0.2) is 4.98 Å². The first-order valence-corrected chi connectivity index (χ1v) is 6.28. The second-order valence-corrected chi connectivity index (χ2v) is 4.81. The number of benzene rings is 1. The molecule has 0 atom stereocenters. The Hall–Kier alpha value is -2.40. The minimum absolute atomic E-state index is 0.0760. The number of hydrogen-bond acceptors (Lipinski definition) is 4. The van der Waals surface area contributed by atoms with Gasteiger partial charge in [-0.3, -0.25) is 4.79 Å². The van der Waals surface area contributed by atoms with Crippen LogP contribution in [0, 0.1) is 0 Å². The Morgan fingerprint density at radius 2 is 2.00 bits per heavy atom. The van der Waals surface area contributed by atoms with Gasteiger partial charge in [0.25, 0.3) is 5.56 Å². The third kappa shape index (κ3) is 2.02. The molecule has 0 saturated carbocycles. The monoisotopic (exact) mass is 287 g/mol. The van der Waals surface area contributed by atoms with Crippen molar-refractivity contribution >= 4 is 23.0 Å². The number of aromatic nitrogens is 3. The molecular formula is C14H10ClN3O2. The summed E-state index contributed by atoms with van der Waals surface area (Å²) in [7, 11) is 0. The van der Waals surface area contributed by atoms with E-state index in [1.165, 1.54) is 17.6 Å². The second-order valence-electron chi connectivity index (χ2n) is 4.37. The van der Waals surface area contributed by atoms with Gasteiger partial charge in [-0.15, -0.1) is 0 Å². The van der Waals surface area contributed by atoms with Crippen LogP contribution < -0.4 is 10.8 Å². The van der Waals surface area contributed by atoms with Gasteiger partial charge < -0.3 is 5.11 Å². The Kier molecular flexibility index (Phi) is 2.91. The standard InChI is InChI=1S/C14H10ClN3O2/c1-8(19)11-7-16-13-6-12(17-18(13)14(11)20)9-2-4-10(15)5-3-9/h2-7,19H,1H3. The minimum Gasteiger partial charge on any atom is -0.512 e. The van der Waals surface area contributed by atoms with Gasteiger partial charge in [-0.2, -0.15) is 9.61 Å². The fourth-order valence-electron chi connectivity index (χ4n) is 1.92. The van der Waals surface area contributed by atoms with Gasteiger partial charge in [0, 0.05) is 22.8 Å².